The second kappa shape index (κ2) is 5.23. The van der Waals surface area contributed by atoms with Gasteiger partial charge in [-0.15, -0.1) is 0 Å². The second-order valence-electron chi connectivity index (χ2n) is 2.63. The van der Waals surface area contributed by atoms with Gasteiger partial charge in [-0.3, -0.25) is 4.79 Å². The van der Waals surface area contributed by atoms with Crippen LogP contribution in [0.4, 0.5) is 5.82 Å². The van der Waals surface area contributed by atoms with Crippen LogP contribution in [0, 0.1) is 13.5 Å². The third-order valence-corrected chi connectivity index (χ3v) is 1.82. The number of H-pyrrole nitrogens is 1. The van der Waals surface area contributed by atoms with E-state index in [0.29, 0.717) is 22.3 Å². The summed E-state index contributed by atoms with van der Waals surface area (Å²) in [6.45, 7) is 0. The molecule has 0 fully saturated rings. The number of nitrogens with one attached hydrogen (secondary N) is 1. The third-order valence-electron chi connectivity index (χ3n) is 1.82. The van der Waals surface area contributed by atoms with E-state index in [1.165, 1.54) is 6.07 Å². The zero-order valence-electron chi connectivity index (χ0n) is 8.24. The molecule has 0 bridgehead atoms. The number of carbonyl (C=O) groups excluding carboxylic acids is 1. The molecule has 0 aliphatic carbocycles. The fraction of sp³-hybridized carbons (Fsp3) is 0. The minimum absolute atomic E-state index is 0. The molecule has 0 atom stereocenters. The van der Waals surface area contributed by atoms with Crippen LogP contribution in [0.5, 0.6) is 0 Å². The molecule has 5 nitrogen and oxygen atoms in total. The van der Waals surface area contributed by atoms with Crippen molar-refractivity contribution in [3.05, 3.63) is 31.2 Å². The van der Waals surface area contributed by atoms with Crippen molar-refractivity contribution in [3.8, 4) is 0 Å². The van der Waals surface area contributed by atoms with Crippen LogP contribution < -0.4 is 11.5 Å². The van der Waals surface area contributed by atoms with E-state index in [9.17, 15) is 4.79 Å². The second-order valence-corrected chi connectivity index (χ2v) is 2.63. The van der Waals surface area contributed by atoms with E-state index in [-0.39, 0.29) is 40.1 Å². The number of nitrogens with zero attached hydrogens (tertiary/aromatic N) is 1. The van der Waals surface area contributed by atoms with Crippen LogP contribution in [-0.2, 0) is 32.7 Å². The Bertz CT molecular complexity index is 480. The van der Waals surface area contributed by atoms with E-state index in [4.69, 9.17) is 11.5 Å². The maximum atomic E-state index is 10.9. The standard InChI is InChI=1S/C8H7N4O.CH3.Y/c9-7-4-2-1-3-5(8(10)13)6(4)11-12-7;;/h2-3H,(H2,10,13)(H3,9,11,12);1H3;/q2*-1;. The van der Waals surface area contributed by atoms with Crippen molar-refractivity contribution < 1.29 is 37.5 Å². The van der Waals surface area contributed by atoms with Crippen LogP contribution in [0.1, 0.15) is 10.4 Å². The van der Waals surface area contributed by atoms with Crippen LogP contribution >= 0.6 is 0 Å². The van der Waals surface area contributed by atoms with Gasteiger partial charge in [0.1, 0.15) is 0 Å². The Kier molecular flexibility index (Phi) is 4.90. The minimum Gasteiger partial charge on any atom is -0.392 e. The first kappa shape index (κ1) is 14.1. The average Bonchev–Trinajstić information content (AvgIpc) is 2.48. The van der Waals surface area contributed by atoms with Crippen molar-refractivity contribution in [3.63, 3.8) is 0 Å². The summed E-state index contributed by atoms with van der Waals surface area (Å²) in [5.74, 6) is -0.181. The SMILES string of the molecule is NC(=O)c1c[c-]cc2c(N)n[nH]c12.[CH3-].[Y]. The Morgan fingerprint density at radius 2 is 2.13 bits per heavy atom. The normalized spacial score (nSPS) is 9.07. The van der Waals surface area contributed by atoms with Crippen molar-refractivity contribution in [2.45, 2.75) is 0 Å². The van der Waals surface area contributed by atoms with Crippen LogP contribution in [0.25, 0.3) is 10.9 Å². The largest absolute Gasteiger partial charge is 0.392 e. The topological polar surface area (TPSA) is 97.8 Å². The van der Waals surface area contributed by atoms with Gasteiger partial charge in [0.05, 0.1) is 5.82 Å². The van der Waals surface area contributed by atoms with Crippen molar-refractivity contribution in [1.29, 1.82) is 0 Å². The first-order valence-corrected chi connectivity index (χ1v) is 3.63. The number of hydrogen-bond acceptors (Lipinski definition) is 3. The molecule has 1 amide bonds. The molecule has 1 aromatic heterocycles. The van der Waals surface area contributed by atoms with Crippen LogP contribution in [0.15, 0.2) is 12.1 Å². The molecule has 0 aliphatic heterocycles. The van der Waals surface area contributed by atoms with Gasteiger partial charge in [-0.05, 0) is 11.1 Å². The summed E-state index contributed by atoms with van der Waals surface area (Å²) < 4.78 is 0. The predicted octanol–water partition coefficient (Wildman–Crippen LogP) is 0.492. The Morgan fingerprint density at radius 1 is 1.47 bits per heavy atom. The molecule has 1 heterocycles. The summed E-state index contributed by atoms with van der Waals surface area (Å²) in [5.41, 5.74) is 11.6. The molecule has 0 saturated heterocycles. The van der Waals surface area contributed by atoms with Crippen LogP contribution in [-0.4, -0.2) is 16.1 Å². The molecule has 5 N–H and O–H groups in total. The monoisotopic (exact) mass is 279 g/mol. The molecule has 2 rings (SSSR count). The molecule has 6 heteroatoms. The summed E-state index contributed by atoms with van der Waals surface area (Å²) in [7, 11) is 0. The van der Waals surface area contributed by atoms with Gasteiger partial charge < -0.3 is 24.0 Å². The number of primary amides is 1. The zero-order valence-corrected chi connectivity index (χ0v) is 11.1. The van der Waals surface area contributed by atoms with Crippen LogP contribution in [0.3, 0.4) is 0 Å². The quantitative estimate of drug-likeness (QED) is 0.663. The number of carbonyl (C=O) groups is 1. The summed E-state index contributed by atoms with van der Waals surface area (Å²) in [6, 6.07) is 5.93. The average molecular weight is 279 g/mol. The summed E-state index contributed by atoms with van der Waals surface area (Å²) >= 11 is 0. The number of hydrogen-bond donors (Lipinski definition) is 3. The zero-order chi connectivity index (χ0) is 9.42. The van der Waals surface area contributed by atoms with Crippen molar-refractivity contribution in [2.24, 2.45) is 5.73 Å². The number of aromatic amines is 1. The van der Waals surface area contributed by atoms with E-state index in [0.717, 1.165) is 0 Å². The number of fused-ring (bicyclic) bond motifs is 1. The number of aromatic nitrogens is 2. The van der Waals surface area contributed by atoms with Crippen LogP contribution in [0.2, 0.25) is 0 Å². The Balaban J connectivity index is 0.000000980. The molecule has 0 spiro atoms. The molecule has 15 heavy (non-hydrogen) atoms. The maximum Gasteiger partial charge on any atom is 0.194 e. The number of nitrogen functional groups attached to an aromatic ring is 1. The smallest absolute Gasteiger partial charge is 0.194 e. The molecule has 1 aromatic carbocycles. The number of benzene rings is 1. The first-order chi connectivity index (χ1) is 6.20. The van der Waals surface area contributed by atoms with Crippen molar-refractivity contribution in [1.82, 2.24) is 10.2 Å². The van der Waals surface area contributed by atoms with Gasteiger partial charge in [0.2, 0.25) is 0 Å². The molecule has 77 valence electrons. The summed E-state index contributed by atoms with van der Waals surface area (Å²) in [4.78, 5) is 10.9. The van der Waals surface area contributed by atoms with E-state index >= 15 is 0 Å². The van der Waals surface area contributed by atoms with Gasteiger partial charge >= 0.3 is 0 Å². The van der Waals surface area contributed by atoms with E-state index in [2.05, 4.69) is 16.3 Å². The molecule has 2 aromatic rings. The third kappa shape index (κ3) is 2.35. The van der Waals surface area contributed by atoms with E-state index in [1.807, 2.05) is 0 Å². The van der Waals surface area contributed by atoms with Crippen molar-refractivity contribution >= 4 is 22.6 Å². The van der Waals surface area contributed by atoms with Gasteiger partial charge in [0.25, 0.3) is 0 Å². The van der Waals surface area contributed by atoms with Gasteiger partial charge in [-0.2, -0.15) is 23.3 Å². The first-order valence-electron chi connectivity index (χ1n) is 3.63. The molecule has 1 radical (unpaired) electrons. The molecule has 0 aliphatic rings. The summed E-state index contributed by atoms with van der Waals surface area (Å²) in [6.07, 6.45) is 0. The van der Waals surface area contributed by atoms with E-state index < -0.39 is 5.91 Å². The van der Waals surface area contributed by atoms with Crippen molar-refractivity contribution in [2.75, 3.05) is 5.73 Å². The molecular weight excluding hydrogens is 269 g/mol. The number of nitrogens with two attached hydrogens (primary N) is 2. The Morgan fingerprint density at radius 3 is 2.73 bits per heavy atom. The fourth-order valence-electron chi connectivity index (χ4n) is 1.19. The Hall–Kier alpha value is -0.936. The molecule has 0 unspecified atom stereocenters. The maximum absolute atomic E-state index is 10.9. The van der Waals surface area contributed by atoms with Gasteiger partial charge in [-0.1, -0.05) is 5.39 Å². The number of anilines is 1. The Labute approximate surface area is 112 Å². The van der Waals surface area contributed by atoms with Gasteiger partial charge in [-0.25, -0.2) is 0 Å². The molecule has 0 saturated carbocycles. The van der Waals surface area contributed by atoms with Gasteiger partial charge in [0, 0.05) is 32.7 Å². The number of rotatable bonds is 1. The predicted molar refractivity (Wildman–Crippen MR) is 54.3 cm³/mol. The summed E-state index contributed by atoms with van der Waals surface area (Å²) in [5, 5.41) is 7.07. The van der Waals surface area contributed by atoms with Gasteiger partial charge in [0.15, 0.2) is 5.91 Å². The number of amides is 1. The fourth-order valence-corrected chi connectivity index (χ4v) is 1.19. The van der Waals surface area contributed by atoms with E-state index in [1.54, 1.807) is 6.07 Å². The molecular formula is C9H10N4OY-2. The minimum atomic E-state index is -0.523.